The van der Waals surface area contributed by atoms with E-state index < -0.39 is 0 Å². The molecule has 0 spiro atoms. The second kappa shape index (κ2) is 41.3. The smallest absolute Gasteiger partial charge is 0.269 e. The summed E-state index contributed by atoms with van der Waals surface area (Å²) in [5, 5.41) is 14.5. The Labute approximate surface area is 593 Å². The zero-order valence-electron chi connectivity index (χ0n) is 57.6. The van der Waals surface area contributed by atoms with Gasteiger partial charge in [0.1, 0.15) is 5.75 Å². The molecule has 526 valence electrons. The molecule has 0 amide bonds. The van der Waals surface area contributed by atoms with Crippen LogP contribution in [0.2, 0.25) is 5.02 Å². The minimum absolute atomic E-state index is 0. The van der Waals surface area contributed by atoms with Crippen LogP contribution in [-0.4, -0.2) is 16.5 Å². The van der Waals surface area contributed by atoms with Gasteiger partial charge in [0, 0.05) is 33.6 Å². The Balaban J connectivity index is -0.000000506. The van der Waals surface area contributed by atoms with Crippen molar-refractivity contribution in [2.24, 2.45) is 0 Å². The lowest BCUT2D eigenvalue weighted by Gasteiger charge is -2.23. The number of nitro benzene ring substituents is 1. The van der Waals surface area contributed by atoms with Crippen molar-refractivity contribution in [1.29, 1.82) is 0 Å². The number of nitrogens with zero attached hydrogens (tertiary/aromatic N) is 2. The van der Waals surface area contributed by atoms with Gasteiger partial charge in [0.15, 0.2) is 0 Å². The molecule has 0 saturated carbocycles. The average molecular weight is 1330 g/mol. The van der Waals surface area contributed by atoms with E-state index in [2.05, 4.69) is 308 Å². The van der Waals surface area contributed by atoms with E-state index in [1.807, 2.05) is 35.7 Å². The van der Waals surface area contributed by atoms with E-state index in [-0.39, 0.29) is 89.7 Å². The molecule has 5 nitrogen and oxygen atoms in total. The molecule has 7 heteroatoms. The van der Waals surface area contributed by atoms with E-state index in [0.29, 0.717) is 10.8 Å². The van der Waals surface area contributed by atoms with Gasteiger partial charge in [-0.2, -0.15) is 0 Å². The second-order valence-electron chi connectivity index (χ2n) is 30.0. The number of hydrogen-bond acceptors (Lipinski definition) is 5. The van der Waals surface area contributed by atoms with Crippen molar-refractivity contribution >= 4 is 39.5 Å². The largest absolute Gasteiger partial charge is 0.493 e. The first-order valence-electron chi connectivity index (χ1n) is 31.1. The summed E-state index contributed by atoms with van der Waals surface area (Å²) in [5.41, 5.74) is 16.0. The number of benzene rings is 7. The predicted molar refractivity (Wildman–Crippen MR) is 432 cm³/mol. The molecule has 0 saturated heterocycles. The van der Waals surface area contributed by atoms with Crippen LogP contribution >= 0.6 is 22.9 Å². The SMILES string of the molecule is C.C.C.C.C.C.C.CC(C)(C)c1ccc(-c2ccc(Cl)cc2)cc1.CC(C)(C)c1ccc([N+](=O)[O-])cc1.CC(C)(C)c1ccc2c(c1)CCCO2.CC(C)(C)c1cccc2cccnc12.CC(C)(C)c1ccccc1.CC(C)(C)c1cccs1.Cc1ccc(C(C)(C)C)cc1. The summed E-state index contributed by atoms with van der Waals surface area (Å²) in [5.74, 6) is 1.09. The Hall–Kier alpha value is -6.86. The quantitative estimate of drug-likeness (QED) is 0.128. The first-order chi connectivity index (χ1) is 40.7. The standard InChI is InChI=1S/C16H17Cl.C13H15N.C13H18O.C11H16.C10H13NO2.C10H14.C8H12S.7CH4/c1-16(2,3)14-8-4-12(5-9-14)13-6-10-15(17)11-7-13;1-13(2,3)11-8-4-6-10-7-5-9-14-12(10)11;1-13(2,3)11-6-7-12-10(9-11)5-4-8-14-12;1-9-5-7-10(8-6-9)11(2,3)4;1-10(2,3)8-4-6-9(7-5-8)11(12)13;1-10(2,3)9-7-5-4-6-8-9;1-8(2,3)7-5-4-6-9-7;;;;;;;/h4-11H,1-3H3;4-9H,1-3H3;6-7,9H,4-5,8H2,1-3H3;5-8H,1-4H3;4-7H,1-3H3;4-8H,1-3H3;4-6H,1-3H3;7*1H4. The third kappa shape index (κ3) is 32.6. The first kappa shape index (κ1) is 94.5. The van der Waals surface area contributed by atoms with Gasteiger partial charge < -0.3 is 4.74 Å². The summed E-state index contributed by atoms with van der Waals surface area (Å²) in [6.45, 7) is 49.4. The third-order valence-corrected chi connectivity index (χ3v) is 16.5. The molecule has 2 aromatic heterocycles. The van der Waals surface area contributed by atoms with Crippen LogP contribution in [0, 0.1) is 17.0 Å². The van der Waals surface area contributed by atoms with E-state index in [1.165, 1.54) is 66.8 Å². The Kier molecular flexibility index (Phi) is 41.1. The zero-order chi connectivity index (χ0) is 65.9. The highest BCUT2D eigenvalue weighted by Crippen LogP contribution is 2.33. The number of ether oxygens (including phenoxy) is 1. The van der Waals surface area contributed by atoms with Crippen molar-refractivity contribution in [2.75, 3.05) is 6.61 Å². The molecule has 0 N–H and O–H groups in total. The number of para-hydroxylation sites is 1. The van der Waals surface area contributed by atoms with Crippen LogP contribution in [0.3, 0.4) is 0 Å². The van der Waals surface area contributed by atoms with Gasteiger partial charge in [0.2, 0.25) is 0 Å². The molecule has 0 radical (unpaired) electrons. The molecule has 10 rings (SSSR count). The Morgan fingerprint density at radius 1 is 0.442 bits per heavy atom. The highest BCUT2D eigenvalue weighted by atomic mass is 35.5. The van der Waals surface area contributed by atoms with Gasteiger partial charge in [0.25, 0.3) is 5.69 Å². The molecule has 7 aromatic carbocycles. The molecule has 95 heavy (non-hydrogen) atoms. The Morgan fingerprint density at radius 3 is 1.26 bits per heavy atom. The van der Waals surface area contributed by atoms with Crippen molar-refractivity contribution in [2.45, 2.75) is 255 Å². The summed E-state index contributed by atoms with van der Waals surface area (Å²) in [4.78, 5) is 15.9. The molecule has 0 aliphatic carbocycles. The number of pyridine rings is 1. The average Bonchev–Trinajstić information content (AvgIpc) is 1.25. The number of aromatic nitrogens is 1. The van der Waals surface area contributed by atoms with Crippen molar-refractivity contribution in [3.8, 4) is 16.9 Å². The molecule has 1 aliphatic rings. The zero-order valence-corrected chi connectivity index (χ0v) is 59.2. The summed E-state index contributed by atoms with van der Waals surface area (Å²) >= 11 is 7.71. The highest BCUT2D eigenvalue weighted by molar-refractivity contribution is 7.10. The fourth-order valence-corrected chi connectivity index (χ4v) is 10.1. The van der Waals surface area contributed by atoms with Gasteiger partial charge in [-0.3, -0.25) is 15.1 Å². The highest BCUT2D eigenvalue weighted by Gasteiger charge is 2.20. The first-order valence-corrected chi connectivity index (χ1v) is 32.4. The summed E-state index contributed by atoms with van der Waals surface area (Å²) in [7, 11) is 0. The van der Waals surface area contributed by atoms with Gasteiger partial charge in [-0.05, 0) is 143 Å². The molecule has 0 atom stereocenters. The molecular weight excluding hydrogens is 1200 g/mol. The van der Waals surface area contributed by atoms with Gasteiger partial charge in [-0.15, -0.1) is 11.3 Å². The molecule has 3 heterocycles. The fourth-order valence-electron chi connectivity index (χ4n) is 9.12. The topological polar surface area (TPSA) is 65.3 Å². The molecule has 0 unspecified atom stereocenters. The van der Waals surface area contributed by atoms with Crippen molar-refractivity contribution in [3.05, 3.63) is 264 Å². The number of non-ortho nitro benzene ring substituents is 1. The minimum Gasteiger partial charge on any atom is -0.493 e. The van der Waals surface area contributed by atoms with Crippen molar-refractivity contribution < 1.29 is 9.66 Å². The van der Waals surface area contributed by atoms with Crippen LogP contribution in [0.5, 0.6) is 5.75 Å². The second-order valence-corrected chi connectivity index (χ2v) is 31.4. The molecule has 0 fully saturated rings. The molecule has 9 aromatic rings. The van der Waals surface area contributed by atoms with Gasteiger partial charge in [-0.25, -0.2) is 0 Å². The summed E-state index contributed by atoms with van der Waals surface area (Å²) < 4.78 is 5.59. The van der Waals surface area contributed by atoms with Crippen LogP contribution in [-0.2, 0) is 44.3 Å². The monoisotopic (exact) mass is 1330 g/mol. The number of nitro groups is 1. The minimum atomic E-state index is -0.383. The van der Waals surface area contributed by atoms with Crippen LogP contribution in [0.25, 0.3) is 22.0 Å². The maximum Gasteiger partial charge on any atom is 0.269 e. The maximum atomic E-state index is 10.4. The van der Waals surface area contributed by atoms with E-state index in [4.69, 9.17) is 16.3 Å². The van der Waals surface area contributed by atoms with Crippen LogP contribution in [0.4, 0.5) is 5.69 Å². The number of aryl methyl sites for hydroxylation is 2. The lowest BCUT2D eigenvalue weighted by Crippen LogP contribution is -2.14. The summed E-state index contributed by atoms with van der Waals surface area (Å²) in [6.07, 6.45) is 4.18. The van der Waals surface area contributed by atoms with Crippen molar-refractivity contribution in [1.82, 2.24) is 4.98 Å². The molecule has 0 bridgehead atoms. The molecule has 1 aliphatic heterocycles. The van der Waals surface area contributed by atoms with Crippen molar-refractivity contribution in [3.63, 3.8) is 0 Å². The number of halogens is 1. The number of hydrogen-bond donors (Lipinski definition) is 0. The van der Waals surface area contributed by atoms with Crippen LogP contribution in [0.1, 0.15) is 253 Å². The third-order valence-electron chi connectivity index (χ3n) is 14.9. The van der Waals surface area contributed by atoms with Crippen LogP contribution in [0.15, 0.2) is 200 Å². The fraction of sp³-hybridized carbons (Fsp3) is 0.443. The number of rotatable bonds is 2. The summed E-state index contributed by atoms with van der Waals surface area (Å²) in [6, 6.07) is 64.0. The number of fused-ring (bicyclic) bond motifs is 2. The normalized spacial score (nSPS) is 11.4. The lowest BCUT2D eigenvalue weighted by atomic mass is 9.85. The number of thiophene rings is 1. The lowest BCUT2D eigenvalue weighted by molar-refractivity contribution is -0.384. The van der Waals surface area contributed by atoms with Gasteiger partial charge in [0.05, 0.1) is 17.0 Å². The maximum absolute atomic E-state index is 10.4. The van der Waals surface area contributed by atoms with Gasteiger partial charge >= 0.3 is 0 Å². The predicted octanol–water partition coefficient (Wildman–Crippen LogP) is 28.8. The Morgan fingerprint density at radius 2 is 0.863 bits per heavy atom. The van der Waals surface area contributed by atoms with E-state index in [0.717, 1.165) is 34.9 Å². The van der Waals surface area contributed by atoms with Gasteiger partial charge in [-0.1, -0.05) is 360 Å². The Bertz CT molecular complexity index is 3480. The van der Waals surface area contributed by atoms with E-state index in [9.17, 15) is 10.1 Å². The molecular formula is C88H133ClN2O3S. The van der Waals surface area contributed by atoms with Crippen LogP contribution < -0.4 is 4.74 Å². The van der Waals surface area contributed by atoms with E-state index in [1.54, 1.807) is 24.3 Å². The van der Waals surface area contributed by atoms with E-state index >= 15 is 0 Å².